The lowest BCUT2D eigenvalue weighted by Crippen LogP contribution is -2.28. The normalized spacial score (nSPS) is 11.2. The SMILES string of the molecule is O=C(NCCn1cc([N+](=O)[O-])cn1)/C(=C\c1ccccc1)c1ccccc1. The van der Waals surface area contributed by atoms with Crippen LogP contribution in [-0.2, 0) is 11.3 Å². The molecule has 0 fully saturated rings. The van der Waals surface area contributed by atoms with Crippen molar-refractivity contribution in [3.8, 4) is 0 Å². The van der Waals surface area contributed by atoms with Crippen molar-refractivity contribution in [1.82, 2.24) is 15.1 Å². The first-order valence-electron chi connectivity index (χ1n) is 8.41. The highest BCUT2D eigenvalue weighted by Crippen LogP contribution is 2.18. The summed E-state index contributed by atoms with van der Waals surface area (Å²) < 4.78 is 1.43. The van der Waals surface area contributed by atoms with E-state index in [0.717, 1.165) is 11.1 Å². The summed E-state index contributed by atoms with van der Waals surface area (Å²) in [5.41, 5.74) is 2.21. The minimum absolute atomic E-state index is 0.0738. The van der Waals surface area contributed by atoms with E-state index >= 15 is 0 Å². The Morgan fingerprint density at radius 2 is 1.78 bits per heavy atom. The molecular formula is C20H18N4O3. The third-order valence-electron chi connectivity index (χ3n) is 3.90. The number of hydrogen-bond donors (Lipinski definition) is 1. The summed E-state index contributed by atoms with van der Waals surface area (Å²) >= 11 is 0. The van der Waals surface area contributed by atoms with Gasteiger partial charge >= 0.3 is 5.69 Å². The van der Waals surface area contributed by atoms with Gasteiger partial charge in [0.15, 0.2) is 0 Å². The molecule has 27 heavy (non-hydrogen) atoms. The van der Waals surface area contributed by atoms with Crippen molar-refractivity contribution < 1.29 is 9.72 Å². The number of benzene rings is 2. The van der Waals surface area contributed by atoms with Gasteiger partial charge in [0.05, 0.1) is 11.5 Å². The largest absolute Gasteiger partial charge is 0.350 e. The molecule has 2 aromatic carbocycles. The molecule has 1 heterocycles. The lowest BCUT2D eigenvalue weighted by Gasteiger charge is -2.10. The Hall–Kier alpha value is -3.74. The van der Waals surface area contributed by atoms with Gasteiger partial charge in [0.1, 0.15) is 12.4 Å². The van der Waals surface area contributed by atoms with Gasteiger partial charge in [-0.25, -0.2) is 0 Å². The first kappa shape index (κ1) is 18.1. The fourth-order valence-electron chi connectivity index (χ4n) is 2.56. The van der Waals surface area contributed by atoms with Crippen LogP contribution in [0.4, 0.5) is 5.69 Å². The molecule has 3 aromatic rings. The highest BCUT2D eigenvalue weighted by atomic mass is 16.6. The number of carbonyl (C=O) groups excluding carboxylic acids is 1. The van der Waals surface area contributed by atoms with Crippen LogP contribution in [0.25, 0.3) is 11.6 Å². The second-order valence-electron chi connectivity index (χ2n) is 5.81. The van der Waals surface area contributed by atoms with Crippen LogP contribution in [0.1, 0.15) is 11.1 Å². The van der Waals surface area contributed by atoms with Gasteiger partial charge in [-0.05, 0) is 17.2 Å². The lowest BCUT2D eigenvalue weighted by molar-refractivity contribution is -0.385. The van der Waals surface area contributed by atoms with Crippen LogP contribution in [-0.4, -0.2) is 27.2 Å². The summed E-state index contributed by atoms with van der Waals surface area (Å²) in [6.07, 6.45) is 4.36. The Kier molecular flexibility index (Phi) is 5.73. The molecule has 0 aliphatic carbocycles. The maximum atomic E-state index is 12.7. The summed E-state index contributed by atoms with van der Waals surface area (Å²) in [7, 11) is 0. The maximum absolute atomic E-state index is 12.7. The van der Waals surface area contributed by atoms with Crippen molar-refractivity contribution in [3.05, 3.63) is 94.3 Å². The van der Waals surface area contributed by atoms with Gasteiger partial charge in [0, 0.05) is 12.1 Å². The van der Waals surface area contributed by atoms with Crippen molar-refractivity contribution in [1.29, 1.82) is 0 Å². The standard InChI is InChI=1S/C20H18N4O3/c25-20(21-11-12-23-15-18(14-22-23)24(26)27)19(17-9-5-2-6-10-17)13-16-7-3-1-4-8-16/h1-10,13-15H,11-12H2,(H,21,25)/b19-13-. The third kappa shape index (κ3) is 4.88. The Balaban J connectivity index is 1.71. The van der Waals surface area contributed by atoms with E-state index in [2.05, 4.69) is 10.4 Å². The highest BCUT2D eigenvalue weighted by Gasteiger charge is 2.12. The molecule has 1 aromatic heterocycles. The van der Waals surface area contributed by atoms with Gasteiger partial charge in [0.25, 0.3) is 5.91 Å². The maximum Gasteiger partial charge on any atom is 0.306 e. The Labute approximate surface area is 156 Å². The van der Waals surface area contributed by atoms with Crippen molar-refractivity contribution in [2.24, 2.45) is 0 Å². The molecule has 0 saturated heterocycles. The molecule has 0 saturated carbocycles. The average molecular weight is 362 g/mol. The van der Waals surface area contributed by atoms with E-state index in [-0.39, 0.29) is 11.6 Å². The summed E-state index contributed by atoms with van der Waals surface area (Å²) in [5, 5.41) is 17.5. The molecule has 3 rings (SSSR count). The van der Waals surface area contributed by atoms with Crippen LogP contribution >= 0.6 is 0 Å². The number of nitrogens with zero attached hydrogens (tertiary/aromatic N) is 3. The van der Waals surface area contributed by atoms with Crippen LogP contribution < -0.4 is 5.32 Å². The van der Waals surface area contributed by atoms with E-state index in [1.54, 1.807) is 0 Å². The van der Waals surface area contributed by atoms with Gasteiger partial charge < -0.3 is 5.32 Å². The molecule has 1 N–H and O–H groups in total. The number of carbonyl (C=O) groups is 1. The summed E-state index contributed by atoms with van der Waals surface area (Å²) in [5.74, 6) is -0.216. The number of hydrogen-bond acceptors (Lipinski definition) is 4. The van der Waals surface area contributed by atoms with Crippen molar-refractivity contribution in [2.75, 3.05) is 6.54 Å². The molecule has 0 radical (unpaired) electrons. The minimum atomic E-state index is -0.502. The highest BCUT2D eigenvalue weighted by molar-refractivity contribution is 6.24. The fraction of sp³-hybridized carbons (Fsp3) is 0.100. The molecule has 7 heteroatoms. The third-order valence-corrected chi connectivity index (χ3v) is 3.90. The van der Waals surface area contributed by atoms with Gasteiger partial charge in [0.2, 0.25) is 0 Å². The topological polar surface area (TPSA) is 90.1 Å². The predicted octanol–water partition coefficient (Wildman–Crippen LogP) is 3.15. The van der Waals surface area contributed by atoms with E-state index in [0.29, 0.717) is 18.7 Å². The predicted molar refractivity (Wildman–Crippen MR) is 103 cm³/mol. The van der Waals surface area contributed by atoms with Crippen molar-refractivity contribution >= 4 is 23.2 Å². The smallest absolute Gasteiger partial charge is 0.306 e. The zero-order valence-corrected chi connectivity index (χ0v) is 14.5. The molecule has 0 bridgehead atoms. The van der Waals surface area contributed by atoms with E-state index in [1.807, 2.05) is 66.7 Å². The van der Waals surface area contributed by atoms with Crippen molar-refractivity contribution in [3.63, 3.8) is 0 Å². The fourth-order valence-corrected chi connectivity index (χ4v) is 2.56. The van der Waals surface area contributed by atoms with Gasteiger partial charge in [-0.15, -0.1) is 0 Å². The lowest BCUT2D eigenvalue weighted by atomic mass is 10.0. The second kappa shape index (κ2) is 8.57. The Morgan fingerprint density at radius 1 is 1.11 bits per heavy atom. The molecule has 0 spiro atoms. The second-order valence-corrected chi connectivity index (χ2v) is 5.81. The Bertz CT molecular complexity index is 950. The van der Waals surface area contributed by atoms with E-state index in [1.165, 1.54) is 17.1 Å². The van der Waals surface area contributed by atoms with Gasteiger partial charge in [-0.3, -0.25) is 19.6 Å². The quantitative estimate of drug-likeness (QED) is 0.303. The van der Waals surface area contributed by atoms with Crippen LogP contribution in [0.2, 0.25) is 0 Å². The molecular weight excluding hydrogens is 344 g/mol. The zero-order valence-electron chi connectivity index (χ0n) is 14.5. The Morgan fingerprint density at radius 3 is 2.41 bits per heavy atom. The van der Waals surface area contributed by atoms with E-state index in [9.17, 15) is 14.9 Å². The van der Waals surface area contributed by atoms with Gasteiger partial charge in [-0.2, -0.15) is 5.10 Å². The molecule has 0 aliphatic rings. The molecule has 0 aliphatic heterocycles. The molecule has 136 valence electrons. The average Bonchev–Trinajstić information content (AvgIpc) is 3.17. The number of rotatable bonds is 7. The van der Waals surface area contributed by atoms with Crippen molar-refractivity contribution in [2.45, 2.75) is 6.54 Å². The monoisotopic (exact) mass is 362 g/mol. The number of nitrogens with one attached hydrogen (secondary N) is 1. The summed E-state index contributed by atoms with van der Waals surface area (Å²) in [6, 6.07) is 19.0. The summed E-state index contributed by atoms with van der Waals surface area (Å²) in [4.78, 5) is 22.9. The van der Waals surface area contributed by atoms with Crippen LogP contribution in [0.3, 0.4) is 0 Å². The first-order valence-corrected chi connectivity index (χ1v) is 8.41. The van der Waals surface area contributed by atoms with Crippen LogP contribution in [0.5, 0.6) is 0 Å². The molecule has 1 amide bonds. The molecule has 0 atom stereocenters. The molecule has 7 nitrogen and oxygen atoms in total. The zero-order chi connectivity index (χ0) is 19.1. The number of nitro groups is 1. The summed E-state index contributed by atoms with van der Waals surface area (Å²) in [6.45, 7) is 0.642. The minimum Gasteiger partial charge on any atom is -0.350 e. The van der Waals surface area contributed by atoms with Crippen LogP contribution in [0.15, 0.2) is 73.1 Å². The van der Waals surface area contributed by atoms with E-state index in [4.69, 9.17) is 0 Å². The number of aromatic nitrogens is 2. The first-order chi connectivity index (χ1) is 13.1. The van der Waals surface area contributed by atoms with Gasteiger partial charge in [-0.1, -0.05) is 60.7 Å². The van der Waals surface area contributed by atoms with Crippen LogP contribution in [0, 0.1) is 10.1 Å². The van der Waals surface area contributed by atoms with E-state index < -0.39 is 4.92 Å². The molecule has 0 unspecified atom stereocenters. The number of amides is 1.